The van der Waals surface area contributed by atoms with Gasteiger partial charge >= 0.3 is 0 Å². The molecule has 0 radical (unpaired) electrons. The lowest BCUT2D eigenvalue weighted by atomic mass is 9.95. The van der Waals surface area contributed by atoms with Gasteiger partial charge in [-0.1, -0.05) is 6.92 Å². The monoisotopic (exact) mass is 202 g/mol. The minimum atomic E-state index is -0.444. The highest BCUT2D eigenvalue weighted by atomic mass is 32.2. The molecule has 1 amide bonds. The van der Waals surface area contributed by atoms with Gasteiger partial charge in [-0.15, -0.1) is 0 Å². The predicted molar refractivity (Wildman–Crippen MR) is 56.7 cm³/mol. The molecular formula is C9H18N2OS. The average molecular weight is 202 g/mol. The number of carbonyl (C=O) groups excluding carboxylic acids is 1. The topological polar surface area (TPSA) is 55.1 Å². The summed E-state index contributed by atoms with van der Waals surface area (Å²) >= 11 is 1.77. The van der Waals surface area contributed by atoms with Gasteiger partial charge in [0.1, 0.15) is 5.54 Å². The second-order valence-electron chi connectivity index (χ2n) is 3.50. The lowest BCUT2D eigenvalue weighted by Crippen LogP contribution is -2.57. The highest BCUT2D eigenvalue weighted by Gasteiger charge is 2.48. The summed E-state index contributed by atoms with van der Waals surface area (Å²) in [6.45, 7) is 2.10. The van der Waals surface area contributed by atoms with Crippen molar-refractivity contribution in [1.82, 2.24) is 5.32 Å². The van der Waals surface area contributed by atoms with Crippen LogP contribution in [0.5, 0.6) is 0 Å². The second kappa shape index (κ2) is 4.33. The summed E-state index contributed by atoms with van der Waals surface area (Å²) in [5, 5.41) is 3.12. The summed E-state index contributed by atoms with van der Waals surface area (Å²) in [5.74, 6) is 2.11. The third-order valence-corrected chi connectivity index (χ3v) is 3.76. The summed E-state index contributed by atoms with van der Waals surface area (Å²) in [5.41, 5.74) is 5.01. The van der Waals surface area contributed by atoms with Crippen LogP contribution in [0.25, 0.3) is 0 Å². The fourth-order valence-electron chi connectivity index (χ4n) is 1.63. The maximum atomic E-state index is 11.4. The summed E-state index contributed by atoms with van der Waals surface area (Å²) in [4.78, 5) is 11.4. The third-order valence-electron chi connectivity index (χ3n) is 2.69. The van der Waals surface area contributed by atoms with Crippen molar-refractivity contribution in [3.8, 4) is 0 Å². The molecule has 0 spiro atoms. The van der Waals surface area contributed by atoms with Crippen LogP contribution in [0.3, 0.4) is 0 Å². The fraction of sp³-hybridized carbons (Fsp3) is 0.889. The van der Waals surface area contributed by atoms with Gasteiger partial charge in [-0.3, -0.25) is 4.79 Å². The first-order valence-electron chi connectivity index (χ1n) is 4.74. The highest BCUT2D eigenvalue weighted by Crippen LogP contribution is 2.41. The van der Waals surface area contributed by atoms with Crippen LogP contribution in [0.1, 0.15) is 19.8 Å². The molecule has 0 aromatic carbocycles. The Morgan fingerprint density at radius 3 is 2.62 bits per heavy atom. The first kappa shape index (κ1) is 10.9. The van der Waals surface area contributed by atoms with E-state index in [1.165, 1.54) is 0 Å². The Kier molecular flexibility index (Phi) is 3.62. The summed E-state index contributed by atoms with van der Waals surface area (Å²) < 4.78 is 0. The molecule has 4 heteroatoms. The summed E-state index contributed by atoms with van der Waals surface area (Å²) in [6.07, 6.45) is 2.27. The van der Waals surface area contributed by atoms with Gasteiger partial charge in [-0.2, -0.15) is 11.8 Å². The van der Waals surface area contributed by atoms with Crippen LogP contribution in [0, 0.1) is 5.92 Å². The Morgan fingerprint density at radius 2 is 2.31 bits per heavy atom. The minimum Gasteiger partial charge on any atom is -0.368 e. The molecule has 3 nitrogen and oxygen atoms in total. The van der Waals surface area contributed by atoms with Gasteiger partial charge in [0.05, 0.1) is 0 Å². The van der Waals surface area contributed by atoms with Crippen molar-refractivity contribution >= 4 is 17.7 Å². The van der Waals surface area contributed by atoms with Gasteiger partial charge in [0, 0.05) is 5.75 Å². The van der Waals surface area contributed by atoms with Gasteiger partial charge in [-0.05, 0) is 31.6 Å². The number of primary amides is 1. The molecule has 0 bridgehead atoms. The van der Waals surface area contributed by atoms with Gasteiger partial charge in [0.2, 0.25) is 5.91 Å². The zero-order valence-corrected chi connectivity index (χ0v) is 9.12. The first-order chi connectivity index (χ1) is 6.17. The number of thioether (sulfide) groups is 1. The van der Waals surface area contributed by atoms with Crippen LogP contribution in [0.2, 0.25) is 0 Å². The number of hydrogen-bond acceptors (Lipinski definition) is 3. The van der Waals surface area contributed by atoms with Gasteiger partial charge in [-0.25, -0.2) is 0 Å². The van der Waals surface area contributed by atoms with Crippen molar-refractivity contribution in [2.24, 2.45) is 11.7 Å². The molecule has 3 N–H and O–H groups in total. The minimum absolute atomic E-state index is 0.196. The summed E-state index contributed by atoms with van der Waals surface area (Å²) in [6, 6.07) is 0. The van der Waals surface area contributed by atoms with Crippen LogP contribution in [-0.2, 0) is 4.79 Å². The van der Waals surface area contributed by atoms with E-state index in [0.29, 0.717) is 5.92 Å². The van der Waals surface area contributed by atoms with Crippen LogP contribution in [-0.4, -0.2) is 30.0 Å². The van der Waals surface area contributed by atoms with Gasteiger partial charge in [0.15, 0.2) is 0 Å². The Balaban J connectivity index is 2.64. The van der Waals surface area contributed by atoms with Gasteiger partial charge < -0.3 is 11.1 Å². The third kappa shape index (κ3) is 2.17. The van der Waals surface area contributed by atoms with Crippen molar-refractivity contribution in [2.45, 2.75) is 25.3 Å². The van der Waals surface area contributed by atoms with E-state index in [9.17, 15) is 4.79 Å². The Bertz CT molecular complexity index is 194. The van der Waals surface area contributed by atoms with Crippen LogP contribution in [0.15, 0.2) is 0 Å². The molecule has 1 aliphatic carbocycles. The maximum Gasteiger partial charge on any atom is 0.238 e. The Morgan fingerprint density at radius 1 is 1.69 bits per heavy atom. The van der Waals surface area contributed by atoms with Crippen molar-refractivity contribution < 1.29 is 4.79 Å². The molecule has 0 aromatic rings. The zero-order valence-electron chi connectivity index (χ0n) is 8.30. The molecule has 1 rings (SSSR count). The van der Waals surface area contributed by atoms with E-state index in [2.05, 4.69) is 12.2 Å². The van der Waals surface area contributed by atoms with E-state index in [1.807, 2.05) is 7.05 Å². The Hall–Kier alpha value is -0.220. The van der Waals surface area contributed by atoms with Crippen LogP contribution in [0.4, 0.5) is 0 Å². The second-order valence-corrected chi connectivity index (χ2v) is 4.77. The molecule has 1 saturated carbocycles. The first-order valence-corrected chi connectivity index (χ1v) is 5.89. The number of carbonyl (C=O) groups is 1. The maximum absolute atomic E-state index is 11.4. The van der Waals surface area contributed by atoms with E-state index < -0.39 is 5.54 Å². The number of rotatable bonds is 6. The van der Waals surface area contributed by atoms with Crippen LogP contribution < -0.4 is 11.1 Å². The van der Waals surface area contributed by atoms with Crippen molar-refractivity contribution in [2.75, 3.05) is 18.6 Å². The van der Waals surface area contributed by atoms with E-state index in [1.54, 1.807) is 11.8 Å². The predicted octanol–water partition coefficient (Wildman–Crippen LogP) is 0.593. The molecule has 0 heterocycles. The van der Waals surface area contributed by atoms with E-state index in [4.69, 9.17) is 5.73 Å². The SMILES string of the molecule is CCSCC(NC)(C(N)=O)C1CC1. The molecule has 1 fully saturated rings. The van der Waals surface area contributed by atoms with Crippen molar-refractivity contribution in [3.63, 3.8) is 0 Å². The molecule has 1 atom stereocenters. The average Bonchev–Trinajstić information content (AvgIpc) is 2.90. The van der Waals surface area contributed by atoms with E-state index >= 15 is 0 Å². The zero-order chi connectivity index (χ0) is 9.90. The number of likely N-dealkylation sites (N-methyl/N-ethyl adjacent to an activating group) is 1. The quantitative estimate of drug-likeness (QED) is 0.663. The molecule has 13 heavy (non-hydrogen) atoms. The van der Waals surface area contributed by atoms with Crippen LogP contribution >= 0.6 is 11.8 Å². The number of amides is 1. The van der Waals surface area contributed by atoms with Crippen molar-refractivity contribution in [1.29, 1.82) is 0 Å². The largest absolute Gasteiger partial charge is 0.368 e. The number of nitrogens with one attached hydrogen (secondary N) is 1. The smallest absolute Gasteiger partial charge is 0.238 e. The molecule has 0 aliphatic heterocycles. The molecule has 1 aliphatic rings. The van der Waals surface area contributed by atoms with E-state index in [-0.39, 0.29) is 5.91 Å². The number of nitrogens with two attached hydrogens (primary N) is 1. The van der Waals surface area contributed by atoms with Gasteiger partial charge in [0.25, 0.3) is 0 Å². The molecular weight excluding hydrogens is 184 g/mol. The number of hydrogen-bond donors (Lipinski definition) is 2. The van der Waals surface area contributed by atoms with E-state index in [0.717, 1.165) is 24.3 Å². The fourth-order valence-corrected chi connectivity index (χ4v) is 2.68. The molecule has 1 unspecified atom stereocenters. The highest BCUT2D eigenvalue weighted by molar-refractivity contribution is 7.99. The lowest BCUT2D eigenvalue weighted by molar-refractivity contribution is -0.124. The molecule has 0 aromatic heterocycles. The molecule has 76 valence electrons. The summed E-state index contributed by atoms with van der Waals surface area (Å²) in [7, 11) is 1.83. The standard InChI is InChI=1S/C9H18N2OS/c1-3-13-6-9(11-2,8(10)12)7-4-5-7/h7,11H,3-6H2,1-2H3,(H2,10,12). The normalized spacial score (nSPS) is 21.1. The lowest BCUT2D eigenvalue weighted by Gasteiger charge is -2.29. The Labute approximate surface area is 83.8 Å². The van der Waals surface area contributed by atoms with Crippen molar-refractivity contribution in [3.05, 3.63) is 0 Å². The molecule has 0 saturated heterocycles.